The SMILES string of the molecule is COC[C@@H](C)N1CCN(C(=O)CNc2ccccc2[N+](=O)[O-])CC1. The van der Waals surface area contributed by atoms with Crippen molar-refractivity contribution >= 4 is 17.3 Å². The number of hydrogen-bond acceptors (Lipinski definition) is 6. The van der Waals surface area contributed by atoms with Crippen molar-refractivity contribution in [1.82, 2.24) is 9.80 Å². The van der Waals surface area contributed by atoms with Gasteiger partial charge in [0.15, 0.2) is 0 Å². The molecule has 1 fully saturated rings. The highest BCUT2D eigenvalue weighted by molar-refractivity contribution is 5.82. The third-order valence-corrected chi connectivity index (χ3v) is 4.23. The van der Waals surface area contributed by atoms with Gasteiger partial charge in [-0.1, -0.05) is 12.1 Å². The average Bonchev–Trinajstić information content (AvgIpc) is 2.60. The molecule has 0 saturated carbocycles. The second-order valence-electron chi connectivity index (χ2n) is 5.85. The number of rotatable bonds is 7. The van der Waals surface area contributed by atoms with Crippen LogP contribution in [0.4, 0.5) is 11.4 Å². The van der Waals surface area contributed by atoms with Crippen LogP contribution in [-0.4, -0.2) is 73.1 Å². The molecule has 1 heterocycles. The molecule has 1 aromatic rings. The molecule has 2 rings (SSSR count). The molecule has 0 aliphatic carbocycles. The van der Waals surface area contributed by atoms with Gasteiger partial charge in [0.2, 0.25) is 5.91 Å². The van der Waals surface area contributed by atoms with E-state index in [2.05, 4.69) is 17.1 Å². The first-order valence-electron chi connectivity index (χ1n) is 8.01. The van der Waals surface area contributed by atoms with E-state index in [1.54, 1.807) is 30.2 Å². The number of amides is 1. The molecule has 8 nitrogen and oxygen atoms in total. The average molecular weight is 336 g/mol. The Bertz CT molecular complexity index is 573. The number of nitro groups is 1. The van der Waals surface area contributed by atoms with E-state index in [9.17, 15) is 14.9 Å². The van der Waals surface area contributed by atoms with Gasteiger partial charge in [-0.25, -0.2) is 0 Å². The number of methoxy groups -OCH3 is 1. The summed E-state index contributed by atoms with van der Waals surface area (Å²) in [6.07, 6.45) is 0. The minimum Gasteiger partial charge on any atom is -0.383 e. The molecule has 0 unspecified atom stereocenters. The third-order valence-electron chi connectivity index (χ3n) is 4.23. The third kappa shape index (κ3) is 4.65. The Hall–Kier alpha value is -2.19. The smallest absolute Gasteiger partial charge is 0.292 e. The molecule has 0 spiro atoms. The Balaban J connectivity index is 1.83. The summed E-state index contributed by atoms with van der Waals surface area (Å²) in [5.74, 6) is -0.0489. The minimum atomic E-state index is -0.456. The van der Waals surface area contributed by atoms with E-state index in [1.165, 1.54) is 6.07 Å². The van der Waals surface area contributed by atoms with Crippen LogP contribution in [0.3, 0.4) is 0 Å². The molecule has 0 radical (unpaired) electrons. The lowest BCUT2D eigenvalue weighted by Gasteiger charge is -2.37. The highest BCUT2D eigenvalue weighted by Crippen LogP contribution is 2.22. The molecule has 1 amide bonds. The van der Waals surface area contributed by atoms with Crippen LogP contribution in [0.1, 0.15) is 6.92 Å². The van der Waals surface area contributed by atoms with Crippen molar-refractivity contribution in [3.05, 3.63) is 34.4 Å². The Morgan fingerprint density at radius 1 is 1.33 bits per heavy atom. The first-order chi connectivity index (χ1) is 11.5. The van der Waals surface area contributed by atoms with Crippen molar-refractivity contribution in [1.29, 1.82) is 0 Å². The van der Waals surface area contributed by atoms with Gasteiger partial charge in [0, 0.05) is 45.4 Å². The Labute approximate surface area is 141 Å². The van der Waals surface area contributed by atoms with Crippen LogP contribution in [0.25, 0.3) is 0 Å². The highest BCUT2D eigenvalue weighted by Gasteiger charge is 2.24. The number of para-hydroxylation sites is 2. The van der Waals surface area contributed by atoms with E-state index < -0.39 is 4.92 Å². The molecule has 0 bridgehead atoms. The molecule has 1 aliphatic heterocycles. The van der Waals surface area contributed by atoms with Crippen molar-refractivity contribution in [2.45, 2.75) is 13.0 Å². The van der Waals surface area contributed by atoms with Gasteiger partial charge in [-0.05, 0) is 13.0 Å². The molecular formula is C16H24N4O4. The largest absolute Gasteiger partial charge is 0.383 e. The van der Waals surface area contributed by atoms with Crippen LogP contribution in [0, 0.1) is 10.1 Å². The quantitative estimate of drug-likeness (QED) is 0.594. The van der Waals surface area contributed by atoms with Crippen molar-refractivity contribution in [2.24, 2.45) is 0 Å². The molecule has 1 aliphatic rings. The molecule has 8 heteroatoms. The maximum atomic E-state index is 12.3. The molecule has 0 aromatic heterocycles. The maximum absolute atomic E-state index is 12.3. The number of ether oxygens (including phenoxy) is 1. The number of piperazine rings is 1. The van der Waals surface area contributed by atoms with Crippen LogP contribution in [0.5, 0.6) is 0 Å². The second kappa shape index (κ2) is 8.60. The zero-order valence-corrected chi connectivity index (χ0v) is 14.1. The van der Waals surface area contributed by atoms with Crippen LogP contribution in [0.2, 0.25) is 0 Å². The predicted molar refractivity (Wildman–Crippen MR) is 91.1 cm³/mol. The fraction of sp³-hybridized carbons (Fsp3) is 0.562. The zero-order valence-electron chi connectivity index (χ0n) is 14.1. The summed E-state index contributed by atoms with van der Waals surface area (Å²) in [5.41, 5.74) is 0.340. The molecule has 132 valence electrons. The van der Waals surface area contributed by atoms with Crippen molar-refractivity contribution in [2.75, 3.05) is 51.8 Å². The van der Waals surface area contributed by atoms with Gasteiger partial charge in [-0.15, -0.1) is 0 Å². The maximum Gasteiger partial charge on any atom is 0.292 e. The monoisotopic (exact) mass is 336 g/mol. The normalized spacial score (nSPS) is 16.7. The Morgan fingerprint density at radius 3 is 2.62 bits per heavy atom. The number of hydrogen-bond donors (Lipinski definition) is 1. The molecule has 24 heavy (non-hydrogen) atoms. The van der Waals surface area contributed by atoms with E-state index >= 15 is 0 Å². The second-order valence-corrected chi connectivity index (χ2v) is 5.85. The minimum absolute atomic E-state index is 0.0245. The summed E-state index contributed by atoms with van der Waals surface area (Å²) in [6, 6.07) is 6.66. The Morgan fingerprint density at radius 2 is 2.00 bits per heavy atom. The summed E-state index contributed by atoms with van der Waals surface area (Å²) >= 11 is 0. The molecule has 1 saturated heterocycles. The number of nitro benzene ring substituents is 1. The topological polar surface area (TPSA) is 88.0 Å². The van der Waals surface area contributed by atoms with Gasteiger partial charge in [0.05, 0.1) is 18.1 Å². The summed E-state index contributed by atoms with van der Waals surface area (Å²) in [5, 5.41) is 13.9. The lowest BCUT2D eigenvalue weighted by atomic mass is 10.2. The van der Waals surface area contributed by atoms with Crippen LogP contribution < -0.4 is 5.32 Å². The molecule has 1 aromatic carbocycles. The fourth-order valence-electron chi connectivity index (χ4n) is 2.82. The van der Waals surface area contributed by atoms with Crippen molar-refractivity contribution in [3.63, 3.8) is 0 Å². The highest BCUT2D eigenvalue weighted by atomic mass is 16.6. The summed E-state index contributed by atoms with van der Waals surface area (Å²) in [4.78, 5) is 26.9. The van der Waals surface area contributed by atoms with E-state index in [0.29, 0.717) is 31.4 Å². The van der Waals surface area contributed by atoms with E-state index in [1.807, 2.05) is 0 Å². The number of nitrogens with zero attached hydrogens (tertiary/aromatic N) is 3. The van der Waals surface area contributed by atoms with Crippen LogP contribution >= 0.6 is 0 Å². The van der Waals surface area contributed by atoms with Crippen molar-refractivity contribution < 1.29 is 14.5 Å². The van der Waals surface area contributed by atoms with Gasteiger partial charge in [-0.2, -0.15) is 0 Å². The number of benzene rings is 1. The molecule has 1 atom stereocenters. The lowest BCUT2D eigenvalue weighted by molar-refractivity contribution is -0.383. The summed E-state index contributed by atoms with van der Waals surface area (Å²) in [7, 11) is 1.69. The number of carbonyl (C=O) groups is 1. The first-order valence-corrected chi connectivity index (χ1v) is 8.01. The predicted octanol–water partition coefficient (Wildman–Crippen LogP) is 1.19. The van der Waals surface area contributed by atoms with E-state index in [0.717, 1.165) is 13.1 Å². The number of nitrogens with one attached hydrogen (secondary N) is 1. The van der Waals surface area contributed by atoms with Gasteiger partial charge in [0.25, 0.3) is 5.69 Å². The number of anilines is 1. The standard InChI is InChI=1S/C16H24N4O4/c1-13(12-24-2)18-7-9-19(10-8-18)16(21)11-17-14-5-3-4-6-15(14)20(22)23/h3-6,13,17H,7-12H2,1-2H3/t13-/m1/s1. The molecule has 1 N–H and O–H groups in total. The summed E-state index contributed by atoms with van der Waals surface area (Å²) in [6.45, 7) is 5.77. The Kier molecular flexibility index (Phi) is 6.51. The van der Waals surface area contributed by atoms with Crippen LogP contribution in [0.15, 0.2) is 24.3 Å². The van der Waals surface area contributed by atoms with Gasteiger partial charge < -0.3 is 15.0 Å². The fourth-order valence-corrected chi connectivity index (χ4v) is 2.82. The van der Waals surface area contributed by atoms with Crippen molar-refractivity contribution in [3.8, 4) is 0 Å². The molecular weight excluding hydrogens is 312 g/mol. The van der Waals surface area contributed by atoms with Crippen LogP contribution in [-0.2, 0) is 9.53 Å². The zero-order chi connectivity index (χ0) is 17.5. The first kappa shape index (κ1) is 18.2. The summed E-state index contributed by atoms with van der Waals surface area (Å²) < 4.78 is 5.16. The van der Waals surface area contributed by atoms with Gasteiger partial charge in [0.1, 0.15) is 5.69 Å². The van der Waals surface area contributed by atoms with E-state index in [-0.39, 0.29) is 18.1 Å². The van der Waals surface area contributed by atoms with Gasteiger partial charge >= 0.3 is 0 Å². The number of carbonyl (C=O) groups excluding carboxylic acids is 1. The van der Waals surface area contributed by atoms with Gasteiger partial charge in [-0.3, -0.25) is 19.8 Å². The lowest BCUT2D eigenvalue weighted by Crippen LogP contribution is -2.53. The van der Waals surface area contributed by atoms with E-state index in [4.69, 9.17) is 4.74 Å².